The first-order chi connectivity index (χ1) is 10.6. The van der Waals surface area contributed by atoms with Gasteiger partial charge in [0.25, 0.3) is 0 Å². The summed E-state index contributed by atoms with van der Waals surface area (Å²) in [5.74, 6) is -0.676. The molecule has 0 heterocycles. The molecule has 0 saturated heterocycles. The van der Waals surface area contributed by atoms with Gasteiger partial charge in [0.1, 0.15) is 5.75 Å². The fourth-order valence-electron chi connectivity index (χ4n) is 2.77. The van der Waals surface area contributed by atoms with E-state index in [1.54, 1.807) is 12.1 Å². The van der Waals surface area contributed by atoms with Crippen LogP contribution in [0.2, 0.25) is 0 Å². The molecule has 1 aliphatic rings. The maximum absolute atomic E-state index is 12.1. The molecule has 1 aromatic carbocycles. The normalized spacial score (nSPS) is 15.7. The SMILES string of the molecule is COc1ccc(C)cc1NC(=O)C(=O)NC1CCCCCC1. The van der Waals surface area contributed by atoms with Crippen molar-refractivity contribution in [1.82, 2.24) is 5.32 Å². The number of nitrogens with one attached hydrogen (secondary N) is 2. The van der Waals surface area contributed by atoms with Crippen LogP contribution in [0, 0.1) is 6.92 Å². The van der Waals surface area contributed by atoms with Gasteiger partial charge in [0.15, 0.2) is 0 Å². The lowest BCUT2D eigenvalue weighted by Crippen LogP contribution is -2.41. The summed E-state index contributed by atoms with van der Waals surface area (Å²) in [6, 6.07) is 5.56. The minimum absolute atomic E-state index is 0.111. The van der Waals surface area contributed by atoms with E-state index in [0.717, 1.165) is 31.2 Å². The number of rotatable bonds is 3. The molecule has 2 rings (SSSR count). The van der Waals surface area contributed by atoms with E-state index in [1.807, 2.05) is 13.0 Å². The number of methoxy groups -OCH3 is 1. The quantitative estimate of drug-likeness (QED) is 0.666. The van der Waals surface area contributed by atoms with Gasteiger partial charge in [-0.15, -0.1) is 0 Å². The summed E-state index contributed by atoms with van der Waals surface area (Å²) in [7, 11) is 1.53. The molecule has 0 aliphatic heterocycles. The molecule has 0 spiro atoms. The van der Waals surface area contributed by atoms with Gasteiger partial charge in [-0.2, -0.15) is 0 Å². The predicted octanol–water partition coefficient (Wildman–Crippen LogP) is 2.78. The van der Waals surface area contributed by atoms with E-state index in [4.69, 9.17) is 4.74 Å². The molecule has 0 aromatic heterocycles. The zero-order valence-electron chi connectivity index (χ0n) is 13.3. The summed E-state index contributed by atoms with van der Waals surface area (Å²) in [6.07, 6.45) is 6.54. The Morgan fingerprint density at radius 1 is 1.09 bits per heavy atom. The third-order valence-electron chi connectivity index (χ3n) is 4.00. The molecule has 1 saturated carbocycles. The van der Waals surface area contributed by atoms with Crippen LogP contribution in [0.15, 0.2) is 18.2 Å². The number of anilines is 1. The lowest BCUT2D eigenvalue weighted by atomic mass is 10.1. The highest BCUT2D eigenvalue weighted by Crippen LogP contribution is 2.25. The van der Waals surface area contributed by atoms with Crippen molar-refractivity contribution in [2.24, 2.45) is 0 Å². The molecular formula is C17H24N2O3. The van der Waals surface area contributed by atoms with E-state index in [0.29, 0.717) is 11.4 Å². The topological polar surface area (TPSA) is 67.4 Å². The van der Waals surface area contributed by atoms with Gasteiger partial charge < -0.3 is 15.4 Å². The molecule has 1 aliphatic carbocycles. The molecule has 120 valence electrons. The molecule has 22 heavy (non-hydrogen) atoms. The third kappa shape index (κ3) is 4.48. The van der Waals surface area contributed by atoms with Crippen molar-refractivity contribution in [1.29, 1.82) is 0 Å². The fraction of sp³-hybridized carbons (Fsp3) is 0.529. The molecule has 2 N–H and O–H groups in total. The Labute approximate surface area is 131 Å². The van der Waals surface area contributed by atoms with Gasteiger partial charge in [0.2, 0.25) is 0 Å². The molecule has 5 nitrogen and oxygen atoms in total. The first-order valence-corrected chi connectivity index (χ1v) is 7.86. The van der Waals surface area contributed by atoms with Crippen molar-refractivity contribution >= 4 is 17.5 Å². The second-order valence-corrected chi connectivity index (χ2v) is 5.82. The number of hydrogen-bond donors (Lipinski definition) is 2. The Hall–Kier alpha value is -2.04. The molecule has 2 amide bonds. The average molecular weight is 304 g/mol. The second-order valence-electron chi connectivity index (χ2n) is 5.82. The lowest BCUT2D eigenvalue weighted by molar-refractivity contribution is -0.136. The molecule has 1 fully saturated rings. The average Bonchev–Trinajstić information content (AvgIpc) is 2.76. The zero-order valence-corrected chi connectivity index (χ0v) is 13.3. The Balaban J connectivity index is 1.96. The first-order valence-electron chi connectivity index (χ1n) is 7.86. The van der Waals surface area contributed by atoms with Crippen LogP contribution in [0.4, 0.5) is 5.69 Å². The Morgan fingerprint density at radius 3 is 2.41 bits per heavy atom. The van der Waals surface area contributed by atoms with Gasteiger partial charge in [-0.25, -0.2) is 0 Å². The van der Waals surface area contributed by atoms with Crippen LogP contribution in [-0.4, -0.2) is 25.0 Å². The van der Waals surface area contributed by atoms with Gasteiger partial charge in [0.05, 0.1) is 12.8 Å². The van der Waals surface area contributed by atoms with Crippen LogP contribution in [0.3, 0.4) is 0 Å². The Morgan fingerprint density at radius 2 is 1.77 bits per heavy atom. The lowest BCUT2D eigenvalue weighted by Gasteiger charge is -2.16. The van der Waals surface area contributed by atoms with E-state index in [9.17, 15) is 9.59 Å². The largest absolute Gasteiger partial charge is 0.495 e. The van der Waals surface area contributed by atoms with Crippen LogP contribution in [0.25, 0.3) is 0 Å². The number of carbonyl (C=O) groups is 2. The highest BCUT2D eigenvalue weighted by atomic mass is 16.5. The maximum atomic E-state index is 12.1. The van der Waals surface area contributed by atoms with Crippen LogP contribution < -0.4 is 15.4 Å². The molecule has 1 aromatic rings. The smallest absolute Gasteiger partial charge is 0.313 e. The second kappa shape index (κ2) is 7.82. The summed E-state index contributed by atoms with van der Waals surface area (Å²) >= 11 is 0. The van der Waals surface area contributed by atoms with Crippen LogP contribution in [0.5, 0.6) is 5.75 Å². The number of aryl methyl sites for hydroxylation is 1. The van der Waals surface area contributed by atoms with Crippen molar-refractivity contribution < 1.29 is 14.3 Å². The maximum Gasteiger partial charge on any atom is 0.313 e. The molecule has 0 atom stereocenters. The van der Waals surface area contributed by atoms with E-state index in [-0.39, 0.29) is 6.04 Å². The van der Waals surface area contributed by atoms with Crippen molar-refractivity contribution in [3.05, 3.63) is 23.8 Å². The standard InChI is InChI=1S/C17H24N2O3/c1-12-9-10-15(22-2)14(11-12)19-17(21)16(20)18-13-7-5-3-4-6-8-13/h9-11,13H,3-8H2,1-2H3,(H,18,20)(H,19,21). The van der Waals surface area contributed by atoms with E-state index in [1.165, 1.54) is 20.0 Å². The fourth-order valence-corrected chi connectivity index (χ4v) is 2.77. The van der Waals surface area contributed by atoms with E-state index < -0.39 is 11.8 Å². The van der Waals surface area contributed by atoms with Crippen molar-refractivity contribution in [3.63, 3.8) is 0 Å². The molecule has 0 bridgehead atoms. The van der Waals surface area contributed by atoms with Crippen molar-refractivity contribution in [2.75, 3.05) is 12.4 Å². The number of benzene rings is 1. The predicted molar refractivity (Wildman–Crippen MR) is 86.0 cm³/mol. The van der Waals surface area contributed by atoms with Gasteiger partial charge >= 0.3 is 11.8 Å². The summed E-state index contributed by atoms with van der Waals surface area (Å²) in [4.78, 5) is 24.1. The summed E-state index contributed by atoms with van der Waals surface area (Å²) < 4.78 is 5.20. The minimum Gasteiger partial charge on any atom is -0.495 e. The van der Waals surface area contributed by atoms with Crippen LogP contribution in [0.1, 0.15) is 44.1 Å². The Bertz CT molecular complexity index is 535. The first kappa shape index (κ1) is 16.3. The van der Waals surface area contributed by atoms with Crippen molar-refractivity contribution in [3.8, 4) is 5.75 Å². The number of amides is 2. The highest BCUT2D eigenvalue weighted by Gasteiger charge is 2.20. The number of carbonyl (C=O) groups excluding carboxylic acids is 2. The summed E-state index contributed by atoms with van der Waals surface area (Å²) in [5, 5.41) is 5.47. The minimum atomic E-state index is -0.645. The van der Waals surface area contributed by atoms with Crippen LogP contribution in [-0.2, 0) is 9.59 Å². The molecule has 0 radical (unpaired) electrons. The number of ether oxygens (including phenoxy) is 1. The van der Waals surface area contributed by atoms with E-state index >= 15 is 0 Å². The monoisotopic (exact) mass is 304 g/mol. The molecule has 0 unspecified atom stereocenters. The van der Waals surface area contributed by atoms with Gasteiger partial charge in [-0.3, -0.25) is 9.59 Å². The van der Waals surface area contributed by atoms with Crippen LogP contribution >= 0.6 is 0 Å². The molecule has 5 heteroatoms. The number of hydrogen-bond acceptors (Lipinski definition) is 3. The third-order valence-corrected chi connectivity index (χ3v) is 4.00. The Kier molecular flexibility index (Phi) is 5.81. The van der Waals surface area contributed by atoms with Gasteiger partial charge in [0, 0.05) is 6.04 Å². The van der Waals surface area contributed by atoms with E-state index in [2.05, 4.69) is 10.6 Å². The van der Waals surface area contributed by atoms with Gasteiger partial charge in [-0.1, -0.05) is 31.7 Å². The highest BCUT2D eigenvalue weighted by molar-refractivity contribution is 6.39. The molecular weight excluding hydrogens is 280 g/mol. The summed E-state index contributed by atoms with van der Waals surface area (Å²) in [6.45, 7) is 1.92. The van der Waals surface area contributed by atoms with Gasteiger partial charge in [-0.05, 0) is 37.5 Å². The zero-order chi connectivity index (χ0) is 15.9. The van der Waals surface area contributed by atoms with Crippen molar-refractivity contribution in [2.45, 2.75) is 51.5 Å². The summed E-state index contributed by atoms with van der Waals surface area (Å²) in [5.41, 5.74) is 1.50.